The summed E-state index contributed by atoms with van der Waals surface area (Å²) < 4.78 is 0. The molecule has 1 aliphatic rings. The van der Waals surface area contributed by atoms with Crippen LogP contribution in [-0.4, -0.2) is 18.1 Å². The van der Waals surface area contributed by atoms with E-state index in [4.69, 9.17) is 4.98 Å². The van der Waals surface area contributed by atoms with Gasteiger partial charge in [0.05, 0.1) is 10.7 Å². The van der Waals surface area contributed by atoms with Crippen LogP contribution in [0.25, 0.3) is 11.3 Å². The third-order valence-corrected chi connectivity index (χ3v) is 5.62. The fourth-order valence-corrected chi connectivity index (χ4v) is 4.13. The molecule has 2 aromatic rings. The van der Waals surface area contributed by atoms with Crippen LogP contribution in [0.3, 0.4) is 0 Å². The molecule has 1 saturated heterocycles. The molecule has 0 bridgehead atoms. The van der Waals surface area contributed by atoms with Crippen molar-refractivity contribution in [3.8, 4) is 11.3 Å². The van der Waals surface area contributed by atoms with E-state index in [9.17, 15) is 0 Å². The first-order chi connectivity index (χ1) is 10.4. The fraction of sp³-hybridized carbons (Fsp3) is 0.526. The Hall–Kier alpha value is -1.19. The quantitative estimate of drug-likeness (QED) is 0.854. The van der Waals surface area contributed by atoms with E-state index in [0.29, 0.717) is 5.92 Å². The molecule has 2 nitrogen and oxygen atoms in total. The van der Waals surface area contributed by atoms with E-state index in [0.717, 1.165) is 13.1 Å². The summed E-state index contributed by atoms with van der Waals surface area (Å²) in [7, 11) is 0. The number of thiazole rings is 1. The smallest absolute Gasteiger partial charge is 0.0978 e. The largest absolute Gasteiger partial charge is 0.316 e. The Morgan fingerprint density at radius 2 is 1.91 bits per heavy atom. The molecule has 1 N–H and O–H groups in total. The van der Waals surface area contributed by atoms with E-state index in [2.05, 4.69) is 57.3 Å². The van der Waals surface area contributed by atoms with Crippen LogP contribution in [-0.2, 0) is 5.41 Å². The zero-order valence-corrected chi connectivity index (χ0v) is 14.9. The summed E-state index contributed by atoms with van der Waals surface area (Å²) in [4.78, 5) is 6.31. The zero-order chi connectivity index (χ0) is 15.7. The van der Waals surface area contributed by atoms with Gasteiger partial charge in [0.25, 0.3) is 0 Å². The Labute approximate surface area is 138 Å². The number of piperidine rings is 1. The van der Waals surface area contributed by atoms with E-state index in [-0.39, 0.29) is 5.41 Å². The van der Waals surface area contributed by atoms with Crippen LogP contribution < -0.4 is 5.32 Å². The van der Waals surface area contributed by atoms with Gasteiger partial charge < -0.3 is 5.32 Å². The lowest BCUT2D eigenvalue weighted by molar-refractivity contribution is 0.460. The van der Waals surface area contributed by atoms with Crippen LogP contribution in [0.4, 0.5) is 0 Å². The summed E-state index contributed by atoms with van der Waals surface area (Å²) in [5.74, 6) is 0.597. The van der Waals surface area contributed by atoms with Crippen molar-refractivity contribution in [1.82, 2.24) is 10.3 Å². The molecular formula is C19H26N2S. The number of nitrogens with zero attached hydrogens (tertiary/aromatic N) is 1. The summed E-state index contributed by atoms with van der Waals surface area (Å²) in [5, 5.41) is 4.80. The molecule has 0 radical (unpaired) electrons. The van der Waals surface area contributed by atoms with Crippen molar-refractivity contribution in [2.24, 2.45) is 0 Å². The Morgan fingerprint density at radius 1 is 1.18 bits per heavy atom. The van der Waals surface area contributed by atoms with E-state index in [1.807, 2.05) is 11.3 Å². The molecule has 22 heavy (non-hydrogen) atoms. The number of rotatable bonds is 2. The molecule has 1 aromatic heterocycles. The van der Waals surface area contributed by atoms with Crippen molar-refractivity contribution >= 4 is 11.3 Å². The van der Waals surface area contributed by atoms with Crippen LogP contribution in [0.1, 0.15) is 55.0 Å². The number of benzene rings is 1. The van der Waals surface area contributed by atoms with Crippen molar-refractivity contribution in [2.75, 3.05) is 13.1 Å². The molecule has 1 unspecified atom stereocenters. The highest BCUT2D eigenvalue weighted by Crippen LogP contribution is 2.34. The number of hydrogen-bond acceptors (Lipinski definition) is 3. The first-order valence-electron chi connectivity index (χ1n) is 8.24. The molecule has 0 saturated carbocycles. The predicted octanol–water partition coefficient (Wildman–Crippen LogP) is 4.88. The molecule has 1 aliphatic heterocycles. The first kappa shape index (κ1) is 15.7. The van der Waals surface area contributed by atoms with Crippen molar-refractivity contribution < 1.29 is 0 Å². The average Bonchev–Trinajstić information content (AvgIpc) is 2.89. The number of aromatic nitrogens is 1. The SMILES string of the molecule is Cc1sc(C2CCCNC2)nc1-c1ccc(C(C)(C)C)cc1. The van der Waals surface area contributed by atoms with Gasteiger partial charge in [-0.2, -0.15) is 0 Å². The Morgan fingerprint density at radius 3 is 2.50 bits per heavy atom. The van der Waals surface area contributed by atoms with Gasteiger partial charge in [0.15, 0.2) is 0 Å². The highest BCUT2D eigenvalue weighted by atomic mass is 32.1. The number of aryl methyl sites for hydroxylation is 1. The normalized spacial score (nSPS) is 19.4. The van der Waals surface area contributed by atoms with E-state index in [1.54, 1.807) is 0 Å². The molecular weight excluding hydrogens is 288 g/mol. The second-order valence-electron chi connectivity index (χ2n) is 7.33. The zero-order valence-electron chi connectivity index (χ0n) is 14.1. The Kier molecular flexibility index (Phi) is 4.37. The summed E-state index contributed by atoms with van der Waals surface area (Å²) in [6, 6.07) is 8.95. The van der Waals surface area contributed by atoms with Crippen molar-refractivity contribution in [3.63, 3.8) is 0 Å². The summed E-state index contributed by atoms with van der Waals surface area (Å²) >= 11 is 1.87. The molecule has 118 valence electrons. The van der Waals surface area contributed by atoms with Crippen molar-refractivity contribution in [2.45, 2.75) is 51.9 Å². The Bertz CT molecular complexity index is 628. The van der Waals surface area contributed by atoms with Gasteiger partial charge in [-0.15, -0.1) is 11.3 Å². The van der Waals surface area contributed by atoms with Crippen LogP contribution in [0.5, 0.6) is 0 Å². The highest BCUT2D eigenvalue weighted by molar-refractivity contribution is 7.12. The van der Waals surface area contributed by atoms with Gasteiger partial charge in [-0.05, 0) is 37.3 Å². The standard InChI is InChI=1S/C19H26N2S/c1-13-17(14-7-9-16(10-8-14)19(2,3)4)21-18(22-13)15-6-5-11-20-12-15/h7-10,15,20H,5-6,11-12H2,1-4H3. The molecule has 3 heteroatoms. The second kappa shape index (κ2) is 6.13. The molecule has 0 spiro atoms. The van der Waals surface area contributed by atoms with Crippen molar-refractivity contribution in [1.29, 1.82) is 0 Å². The van der Waals surface area contributed by atoms with Gasteiger partial charge in [-0.25, -0.2) is 4.98 Å². The van der Waals surface area contributed by atoms with Gasteiger partial charge in [-0.1, -0.05) is 45.0 Å². The van der Waals surface area contributed by atoms with Gasteiger partial charge in [0.1, 0.15) is 0 Å². The fourth-order valence-electron chi connectivity index (χ4n) is 3.05. The molecule has 1 fully saturated rings. The molecule has 1 atom stereocenters. The number of hydrogen-bond donors (Lipinski definition) is 1. The minimum atomic E-state index is 0.203. The summed E-state index contributed by atoms with van der Waals surface area (Å²) in [6.45, 7) is 11.2. The van der Waals surface area contributed by atoms with Gasteiger partial charge in [0.2, 0.25) is 0 Å². The lowest BCUT2D eigenvalue weighted by Crippen LogP contribution is -2.28. The van der Waals surface area contributed by atoms with Gasteiger partial charge in [-0.3, -0.25) is 0 Å². The maximum absolute atomic E-state index is 4.97. The Balaban J connectivity index is 1.87. The number of nitrogens with one attached hydrogen (secondary N) is 1. The summed E-state index contributed by atoms with van der Waals surface area (Å²) in [6.07, 6.45) is 2.53. The van der Waals surface area contributed by atoms with Crippen LogP contribution in [0, 0.1) is 6.92 Å². The van der Waals surface area contributed by atoms with Crippen molar-refractivity contribution in [3.05, 3.63) is 39.7 Å². The molecule has 1 aromatic carbocycles. The van der Waals surface area contributed by atoms with Crippen LogP contribution in [0.15, 0.2) is 24.3 Å². The monoisotopic (exact) mass is 314 g/mol. The third kappa shape index (κ3) is 3.26. The minimum absolute atomic E-state index is 0.203. The highest BCUT2D eigenvalue weighted by Gasteiger charge is 2.21. The predicted molar refractivity (Wildman–Crippen MR) is 95.8 cm³/mol. The maximum atomic E-state index is 4.97. The van der Waals surface area contributed by atoms with Gasteiger partial charge >= 0.3 is 0 Å². The maximum Gasteiger partial charge on any atom is 0.0978 e. The van der Waals surface area contributed by atoms with E-state index < -0.39 is 0 Å². The second-order valence-corrected chi connectivity index (χ2v) is 8.56. The van der Waals surface area contributed by atoms with E-state index >= 15 is 0 Å². The minimum Gasteiger partial charge on any atom is -0.316 e. The lowest BCUT2D eigenvalue weighted by atomic mass is 9.86. The average molecular weight is 314 g/mol. The van der Waals surface area contributed by atoms with Crippen LogP contribution in [0.2, 0.25) is 0 Å². The van der Waals surface area contributed by atoms with E-state index in [1.165, 1.54) is 39.5 Å². The molecule has 0 aliphatic carbocycles. The van der Waals surface area contributed by atoms with Gasteiger partial charge in [0, 0.05) is 22.9 Å². The van der Waals surface area contributed by atoms with Crippen LogP contribution >= 0.6 is 11.3 Å². The molecule has 0 amide bonds. The topological polar surface area (TPSA) is 24.9 Å². The lowest BCUT2D eigenvalue weighted by Gasteiger charge is -2.20. The molecule has 3 rings (SSSR count). The third-order valence-electron chi connectivity index (χ3n) is 4.48. The molecule has 2 heterocycles. The first-order valence-corrected chi connectivity index (χ1v) is 9.06. The summed E-state index contributed by atoms with van der Waals surface area (Å²) in [5.41, 5.74) is 4.00.